The smallest absolute Gasteiger partial charge is 0.244 e. The number of hydrogen-bond donors (Lipinski definition) is 1. The molecule has 2 rings (SSSR count). The van der Waals surface area contributed by atoms with Crippen molar-refractivity contribution in [3.8, 4) is 0 Å². The fraction of sp³-hybridized carbons (Fsp3) is 0.0714. The minimum Gasteiger partial charge on any atom is -0.467 e. The van der Waals surface area contributed by atoms with Gasteiger partial charge in [-0.05, 0) is 23.8 Å². The molecular formula is C14H13NO2. The number of furan rings is 1. The van der Waals surface area contributed by atoms with E-state index in [1.54, 1.807) is 12.3 Å². The van der Waals surface area contributed by atoms with Crippen LogP contribution in [0.1, 0.15) is 17.4 Å². The molecule has 0 spiro atoms. The molecule has 3 nitrogen and oxygen atoms in total. The topological polar surface area (TPSA) is 42.2 Å². The van der Waals surface area contributed by atoms with Crippen molar-refractivity contribution in [2.45, 2.75) is 6.04 Å². The molecule has 0 saturated heterocycles. The van der Waals surface area contributed by atoms with Crippen molar-refractivity contribution < 1.29 is 9.21 Å². The molecule has 17 heavy (non-hydrogen) atoms. The average Bonchev–Trinajstić information content (AvgIpc) is 2.90. The lowest BCUT2D eigenvalue weighted by atomic mass is 10.0. The van der Waals surface area contributed by atoms with E-state index in [2.05, 4.69) is 11.9 Å². The predicted octanol–water partition coefficient (Wildman–Crippen LogP) is 2.67. The highest BCUT2D eigenvalue weighted by Gasteiger charge is 2.17. The maximum absolute atomic E-state index is 11.4. The Hall–Kier alpha value is -2.29. The Morgan fingerprint density at radius 2 is 2.00 bits per heavy atom. The normalized spacial score (nSPS) is 11.8. The molecule has 2 aromatic rings. The molecule has 3 heteroatoms. The third-order valence-electron chi connectivity index (χ3n) is 2.43. The lowest BCUT2D eigenvalue weighted by Crippen LogP contribution is -2.27. The van der Waals surface area contributed by atoms with E-state index in [0.29, 0.717) is 5.76 Å². The third kappa shape index (κ3) is 2.64. The maximum atomic E-state index is 11.4. The van der Waals surface area contributed by atoms with E-state index in [-0.39, 0.29) is 11.9 Å². The van der Waals surface area contributed by atoms with Crippen LogP contribution < -0.4 is 5.32 Å². The van der Waals surface area contributed by atoms with Gasteiger partial charge in [0.1, 0.15) is 11.8 Å². The molecule has 0 aliphatic rings. The Kier molecular flexibility index (Phi) is 3.40. The van der Waals surface area contributed by atoms with Gasteiger partial charge in [0.05, 0.1) is 6.26 Å². The van der Waals surface area contributed by atoms with Gasteiger partial charge in [0.25, 0.3) is 0 Å². The molecule has 0 aliphatic carbocycles. The van der Waals surface area contributed by atoms with Gasteiger partial charge in [-0.3, -0.25) is 4.79 Å². The van der Waals surface area contributed by atoms with Crippen LogP contribution >= 0.6 is 0 Å². The molecule has 0 saturated carbocycles. The number of benzene rings is 1. The first kappa shape index (κ1) is 11.2. The lowest BCUT2D eigenvalue weighted by Gasteiger charge is -2.15. The highest BCUT2D eigenvalue weighted by atomic mass is 16.3. The van der Waals surface area contributed by atoms with E-state index in [4.69, 9.17) is 4.42 Å². The molecule has 1 unspecified atom stereocenters. The summed E-state index contributed by atoms with van der Waals surface area (Å²) in [5.41, 5.74) is 0.970. The van der Waals surface area contributed by atoms with Crippen molar-refractivity contribution >= 4 is 5.91 Å². The van der Waals surface area contributed by atoms with Crippen LogP contribution in [0.5, 0.6) is 0 Å². The summed E-state index contributed by atoms with van der Waals surface area (Å²) in [7, 11) is 0. The third-order valence-corrected chi connectivity index (χ3v) is 2.43. The highest BCUT2D eigenvalue weighted by molar-refractivity contribution is 5.87. The highest BCUT2D eigenvalue weighted by Crippen LogP contribution is 2.22. The molecule has 1 atom stereocenters. The van der Waals surface area contributed by atoms with Crippen LogP contribution in [0.15, 0.2) is 65.8 Å². The van der Waals surface area contributed by atoms with Crippen molar-refractivity contribution in [3.63, 3.8) is 0 Å². The quantitative estimate of drug-likeness (QED) is 0.816. The number of rotatable bonds is 4. The number of hydrogen-bond acceptors (Lipinski definition) is 2. The molecule has 1 aromatic carbocycles. The average molecular weight is 227 g/mol. The van der Waals surface area contributed by atoms with Crippen molar-refractivity contribution in [3.05, 3.63) is 72.7 Å². The summed E-state index contributed by atoms with van der Waals surface area (Å²) >= 11 is 0. The zero-order chi connectivity index (χ0) is 12.1. The van der Waals surface area contributed by atoms with Crippen LogP contribution in [0.2, 0.25) is 0 Å². The second kappa shape index (κ2) is 5.16. The summed E-state index contributed by atoms with van der Waals surface area (Å²) in [5, 5.41) is 2.83. The number of amides is 1. The molecule has 0 aliphatic heterocycles. The zero-order valence-corrected chi connectivity index (χ0v) is 9.30. The van der Waals surface area contributed by atoms with Gasteiger partial charge in [-0.15, -0.1) is 0 Å². The van der Waals surface area contributed by atoms with Gasteiger partial charge in [-0.2, -0.15) is 0 Å². The van der Waals surface area contributed by atoms with E-state index in [1.165, 1.54) is 6.08 Å². The molecule has 0 fully saturated rings. The molecule has 0 bridgehead atoms. The van der Waals surface area contributed by atoms with Gasteiger partial charge >= 0.3 is 0 Å². The van der Waals surface area contributed by atoms with Gasteiger partial charge in [0, 0.05) is 0 Å². The van der Waals surface area contributed by atoms with Crippen LogP contribution in [0.3, 0.4) is 0 Å². The standard InChI is InChI=1S/C14H13NO2/c1-2-13(16)15-14(12-9-6-10-17-12)11-7-4-3-5-8-11/h2-10,14H,1H2,(H,15,16). The Bertz CT molecular complexity index is 488. The number of carbonyl (C=O) groups is 1. The lowest BCUT2D eigenvalue weighted by molar-refractivity contribution is -0.117. The van der Waals surface area contributed by atoms with Gasteiger partial charge in [-0.25, -0.2) is 0 Å². The Morgan fingerprint density at radius 3 is 2.59 bits per heavy atom. The fourth-order valence-electron chi connectivity index (χ4n) is 1.62. The molecular weight excluding hydrogens is 214 g/mol. The zero-order valence-electron chi connectivity index (χ0n) is 9.30. The van der Waals surface area contributed by atoms with Crippen molar-refractivity contribution in [1.29, 1.82) is 0 Å². The summed E-state index contributed by atoms with van der Waals surface area (Å²) in [6.45, 7) is 3.45. The predicted molar refractivity (Wildman–Crippen MR) is 65.3 cm³/mol. The van der Waals surface area contributed by atoms with E-state index in [0.717, 1.165) is 5.56 Å². The minimum absolute atomic E-state index is 0.227. The number of nitrogens with one attached hydrogen (secondary N) is 1. The van der Waals surface area contributed by atoms with E-state index in [9.17, 15) is 4.79 Å². The molecule has 1 amide bonds. The monoisotopic (exact) mass is 227 g/mol. The van der Waals surface area contributed by atoms with Crippen LogP contribution in [-0.2, 0) is 4.79 Å². The molecule has 86 valence electrons. The Morgan fingerprint density at radius 1 is 1.24 bits per heavy atom. The second-order valence-electron chi connectivity index (χ2n) is 3.57. The molecule has 1 aromatic heterocycles. The fourth-order valence-corrected chi connectivity index (χ4v) is 1.62. The summed E-state index contributed by atoms with van der Waals surface area (Å²) in [5.74, 6) is 0.474. The van der Waals surface area contributed by atoms with Crippen molar-refractivity contribution in [2.24, 2.45) is 0 Å². The summed E-state index contributed by atoms with van der Waals surface area (Å²) < 4.78 is 5.35. The van der Waals surface area contributed by atoms with Crippen LogP contribution in [0.25, 0.3) is 0 Å². The Labute approximate surface area is 99.8 Å². The van der Waals surface area contributed by atoms with Gasteiger partial charge in [0.2, 0.25) is 5.91 Å². The summed E-state index contributed by atoms with van der Waals surface area (Å²) in [6.07, 6.45) is 2.84. The largest absolute Gasteiger partial charge is 0.467 e. The van der Waals surface area contributed by atoms with Crippen molar-refractivity contribution in [1.82, 2.24) is 5.32 Å². The minimum atomic E-state index is -0.281. The Balaban J connectivity index is 2.31. The first-order valence-electron chi connectivity index (χ1n) is 5.32. The molecule has 0 radical (unpaired) electrons. The van der Waals surface area contributed by atoms with Crippen LogP contribution in [-0.4, -0.2) is 5.91 Å². The molecule has 1 heterocycles. The summed E-state index contributed by atoms with van der Waals surface area (Å²) in [4.78, 5) is 11.4. The van der Waals surface area contributed by atoms with Crippen LogP contribution in [0.4, 0.5) is 0 Å². The van der Waals surface area contributed by atoms with E-state index >= 15 is 0 Å². The second-order valence-corrected chi connectivity index (χ2v) is 3.57. The SMILES string of the molecule is C=CC(=O)NC(c1ccccc1)c1ccco1. The van der Waals surface area contributed by atoms with E-state index in [1.807, 2.05) is 36.4 Å². The number of carbonyl (C=O) groups excluding carboxylic acids is 1. The van der Waals surface area contributed by atoms with Crippen LogP contribution in [0, 0.1) is 0 Å². The summed E-state index contributed by atoms with van der Waals surface area (Å²) in [6, 6.07) is 13.0. The van der Waals surface area contributed by atoms with Gasteiger partial charge < -0.3 is 9.73 Å². The van der Waals surface area contributed by atoms with E-state index < -0.39 is 0 Å². The van der Waals surface area contributed by atoms with Gasteiger partial charge in [-0.1, -0.05) is 36.9 Å². The first-order valence-corrected chi connectivity index (χ1v) is 5.32. The van der Waals surface area contributed by atoms with Crippen molar-refractivity contribution in [2.75, 3.05) is 0 Å². The molecule has 1 N–H and O–H groups in total. The van der Waals surface area contributed by atoms with Gasteiger partial charge in [0.15, 0.2) is 0 Å². The first-order chi connectivity index (χ1) is 8.31. The maximum Gasteiger partial charge on any atom is 0.244 e.